The number of rotatable bonds is 2. The van der Waals surface area contributed by atoms with E-state index in [0.717, 1.165) is 42.9 Å². The molecule has 0 amide bonds. The van der Waals surface area contributed by atoms with E-state index in [9.17, 15) is 4.57 Å². The first-order chi connectivity index (χ1) is 9.19. The summed E-state index contributed by atoms with van der Waals surface area (Å²) in [5, 5.41) is 0.914. The molecule has 1 fully saturated rings. The van der Waals surface area contributed by atoms with Crippen LogP contribution in [-0.2, 0) is 9.30 Å². The molecule has 4 heteroatoms. The maximum atomic E-state index is 13.1. The predicted molar refractivity (Wildman–Crippen MR) is 77.9 cm³/mol. The molecule has 1 aromatic rings. The Labute approximate surface area is 113 Å². The fourth-order valence-electron chi connectivity index (χ4n) is 2.62. The van der Waals surface area contributed by atoms with Gasteiger partial charge in [-0.3, -0.25) is 0 Å². The van der Waals surface area contributed by atoms with E-state index in [2.05, 4.69) is 4.90 Å². The van der Waals surface area contributed by atoms with Crippen molar-refractivity contribution in [3.8, 4) is 0 Å². The molecular formula is C15H18NO2P. The Kier molecular flexibility index (Phi) is 3.34. The zero-order chi connectivity index (χ0) is 13.3. The smallest absolute Gasteiger partial charge is 0.159 e. The van der Waals surface area contributed by atoms with Crippen LogP contribution in [-0.4, -0.2) is 31.2 Å². The van der Waals surface area contributed by atoms with E-state index in [-0.39, 0.29) is 0 Å². The van der Waals surface area contributed by atoms with Gasteiger partial charge in [0.05, 0.1) is 13.2 Å². The molecule has 2 aliphatic rings. The van der Waals surface area contributed by atoms with Gasteiger partial charge >= 0.3 is 0 Å². The van der Waals surface area contributed by atoms with E-state index in [1.165, 1.54) is 0 Å². The van der Waals surface area contributed by atoms with Crippen molar-refractivity contribution in [1.29, 1.82) is 0 Å². The molecule has 3 rings (SSSR count). The van der Waals surface area contributed by atoms with Gasteiger partial charge in [-0.2, -0.15) is 0 Å². The van der Waals surface area contributed by atoms with E-state index >= 15 is 0 Å². The molecule has 0 N–H and O–H groups in total. The standard InChI is InChI=1S/C15H18NO2P/c1-13-11-19(17,14-5-3-2-4-6-14)12-15(13)16-7-9-18-10-8-16/h2-6,11-12H,7-10H2,1H3. The maximum absolute atomic E-state index is 13.1. The van der Waals surface area contributed by atoms with Gasteiger partial charge in [0.1, 0.15) is 0 Å². The van der Waals surface area contributed by atoms with Crippen molar-refractivity contribution in [3.63, 3.8) is 0 Å². The first-order valence-corrected chi connectivity index (χ1v) is 8.44. The fourth-order valence-corrected chi connectivity index (χ4v) is 5.07. The Hall–Kier alpha value is -1.31. The third kappa shape index (κ3) is 2.41. The monoisotopic (exact) mass is 275 g/mol. The molecule has 0 aromatic heterocycles. The van der Waals surface area contributed by atoms with Crippen molar-refractivity contribution >= 4 is 12.4 Å². The number of ether oxygens (including phenoxy) is 1. The van der Waals surface area contributed by atoms with Gasteiger partial charge < -0.3 is 14.2 Å². The maximum Gasteiger partial charge on any atom is 0.159 e. The van der Waals surface area contributed by atoms with Crippen molar-refractivity contribution in [3.05, 3.63) is 53.2 Å². The fraction of sp³-hybridized carbons (Fsp3) is 0.333. The largest absolute Gasteiger partial charge is 0.378 e. The topological polar surface area (TPSA) is 29.5 Å². The molecule has 1 atom stereocenters. The van der Waals surface area contributed by atoms with Crippen LogP contribution in [0.1, 0.15) is 6.92 Å². The minimum atomic E-state index is -2.51. The van der Waals surface area contributed by atoms with Crippen molar-refractivity contribution in [1.82, 2.24) is 4.90 Å². The summed E-state index contributed by atoms with van der Waals surface area (Å²) in [6.07, 6.45) is 0. The summed E-state index contributed by atoms with van der Waals surface area (Å²) in [6, 6.07) is 9.74. The molecule has 1 unspecified atom stereocenters. The average Bonchev–Trinajstić information content (AvgIpc) is 2.77. The quantitative estimate of drug-likeness (QED) is 0.777. The molecule has 2 aliphatic heterocycles. The molecule has 0 bridgehead atoms. The molecule has 1 aromatic carbocycles. The van der Waals surface area contributed by atoms with Gasteiger partial charge in [0.15, 0.2) is 7.14 Å². The zero-order valence-electron chi connectivity index (χ0n) is 11.1. The number of nitrogens with zero attached hydrogens (tertiary/aromatic N) is 1. The summed E-state index contributed by atoms with van der Waals surface area (Å²) in [4.78, 5) is 2.28. The molecule has 0 radical (unpaired) electrons. The summed E-state index contributed by atoms with van der Waals surface area (Å²) >= 11 is 0. The second-order valence-corrected chi connectivity index (χ2v) is 7.42. The first kappa shape index (κ1) is 12.7. The summed E-state index contributed by atoms with van der Waals surface area (Å²) in [6.45, 7) is 5.31. The van der Waals surface area contributed by atoms with Gasteiger partial charge in [0.2, 0.25) is 0 Å². The lowest BCUT2D eigenvalue weighted by Gasteiger charge is -2.30. The molecule has 0 aliphatic carbocycles. The van der Waals surface area contributed by atoms with Crippen LogP contribution >= 0.6 is 7.14 Å². The summed E-state index contributed by atoms with van der Waals surface area (Å²) in [5.74, 6) is 3.90. The second kappa shape index (κ2) is 4.99. The minimum Gasteiger partial charge on any atom is -0.378 e. The Morgan fingerprint density at radius 3 is 2.47 bits per heavy atom. The van der Waals surface area contributed by atoms with Crippen LogP contribution in [0.5, 0.6) is 0 Å². The van der Waals surface area contributed by atoms with Crippen LogP contribution in [0.25, 0.3) is 0 Å². The highest BCUT2D eigenvalue weighted by Gasteiger charge is 2.29. The van der Waals surface area contributed by atoms with Gasteiger partial charge in [0.25, 0.3) is 0 Å². The second-order valence-electron chi connectivity index (χ2n) is 4.97. The minimum absolute atomic E-state index is 0.750. The van der Waals surface area contributed by atoms with Crippen molar-refractivity contribution in [2.45, 2.75) is 6.92 Å². The Morgan fingerprint density at radius 1 is 1.11 bits per heavy atom. The number of hydrogen-bond donors (Lipinski definition) is 0. The van der Waals surface area contributed by atoms with Crippen molar-refractivity contribution in [2.75, 3.05) is 26.3 Å². The lowest BCUT2D eigenvalue weighted by atomic mass is 10.2. The normalized spacial score (nSPS) is 27.1. The van der Waals surface area contributed by atoms with E-state index in [1.54, 1.807) is 0 Å². The van der Waals surface area contributed by atoms with E-state index in [4.69, 9.17) is 4.74 Å². The Balaban J connectivity index is 1.94. The number of hydrogen-bond acceptors (Lipinski definition) is 3. The van der Waals surface area contributed by atoms with Crippen LogP contribution in [0, 0.1) is 0 Å². The Morgan fingerprint density at radius 2 is 1.79 bits per heavy atom. The molecule has 0 saturated carbocycles. The molecule has 2 heterocycles. The molecule has 1 saturated heterocycles. The third-order valence-electron chi connectivity index (χ3n) is 3.62. The number of allylic oxidation sites excluding steroid dienone is 1. The highest BCUT2D eigenvalue weighted by Crippen LogP contribution is 2.55. The predicted octanol–water partition coefficient (Wildman–Crippen LogP) is 2.77. The molecule has 100 valence electrons. The molecule has 3 nitrogen and oxygen atoms in total. The van der Waals surface area contributed by atoms with Crippen LogP contribution in [0.3, 0.4) is 0 Å². The zero-order valence-corrected chi connectivity index (χ0v) is 12.0. The average molecular weight is 275 g/mol. The van der Waals surface area contributed by atoms with Gasteiger partial charge in [-0.15, -0.1) is 0 Å². The van der Waals surface area contributed by atoms with Crippen LogP contribution in [0.2, 0.25) is 0 Å². The summed E-state index contributed by atoms with van der Waals surface area (Å²) in [5.41, 5.74) is 2.24. The van der Waals surface area contributed by atoms with Crippen molar-refractivity contribution in [2.24, 2.45) is 0 Å². The summed E-state index contributed by atoms with van der Waals surface area (Å²) in [7, 11) is -2.51. The number of morpholine rings is 1. The number of benzene rings is 1. The summed E-state index contributed by atoms with van der Waals surface area (Å²) < 4.78 is 18.4. The Bertz CT molecular complexity index is 571. The van der Waals surface area contributed by atoms with Crippen molar-refractivity contribution < 1.29 is 9.30 Å². The lowest BCUT2D eigenvalue weighted by Crippen LogP contribution is -2.35. The van der Waals surface area contributed by atoms with E-state index in [1.807, 2.05) is 48.9 Å². The highest BCUT2D eigenvalue weighted by molar-refractivity contribution is 7.77. The lowest BCUT2D eigenvalue weighted by molar-refractivity contribution is 0.0549. The molecule has 0 spiro atoms. The van der Waals surface area contributed by atoms with Crippen LogP contribution < -0.4 is 5.30 Å². The molecule has 19 heavy (non-hydrogen) atoms. The van der Waals surface area contributed by atoms with E-state index in [0.29, 0.717) is 0 Å². The SMILES string of the molecule is CC1=CP(=O)(c2ccccc2)C=C1N1CCOCC1. The van der Waals surface area contributed by atoms with Gasteiger partial charge in [-0.25, -0.2) is 0 Å². The highest BCUT2D eigenvalue weighted by atomic mass is 31.2. The van der Waals surface area contributed by atoms with Crippen LogP contribution in [0.15, 0.2) is 53.2 Å². The first-order valence-electron chi connectivity index (χ1n) is 6.59. The van der Waals surface area contributed by atoms with E-state index < -0.39 is 7.14 Å². The van der Waals surface area contributed by atoms with Crippen LogP contribution in [0.4, 0.5) is 0 Å². The van der Waals surface area contributed by atoms with Gasteiger partial charge in [-0.1, -0.05) is 30.3 Å². The molecular weight excluding hydrogens is 257 g/mol. The van der Waals surface area contributed by atoms with Gasteiger partial charge in [0, 0.05) is 29.9 Å². The third-order valence-corrected chi connectivity index (χ3v) is 6.12. The van der Waals surface area contributed by atoms with Gasteiger partial charge in [-0.05, 0) is 18.3 Å².